The van der Waals surface area contributed by atoms with Crippen LogP contribution in [-0.4, -0.2) is 9.97 Å². The van der Waals surface area contributed by atoms with Gasteiger partial charge in [-0.2, -0.15) is 0 Å². The lowest BCUT2D eigenvalue weighted by atomic mass is 10.2. The highest BCUT2D eigenvalue weighted by atomic mass is 32.2. The molecule has 18 heavy (non-hydrogen) atoms. The Morgan fingerprint density at radius 3 is 2.67 bits per heavy atom. The smallest absolute Gasteiger partial charge is 0.131 e. The molecule has 4 heteroatoms. The second-order valence-corrected chi connectivity index (χ2v) is 5.33. The predicted molar refractivity (Wildman–Crippen MR) is 75.9 cm³/mol. The summed E-state index contributed by atoms with van der Waals surface area (Å²) in [4.78, 5) is 9.89. The fraction of sp³-hybridized carbons (Fsp3) is 0.286. The van der Waals surface area contributed by atoms with Crippen LogP contribution in [0.5, 0.6) is 0 Å². The quantitative estimate of drug-likeness (QED) is 0.858. The lowest BCUT2D eigenvalue weighted by Gasteiger charge is -2.07. The molecule has 0 spiro atoms. The Balaban J connectivity index is 2.33. The van der Waals surface area contributed by atoms with Crippen LogP contribution in [0.4, 0.5) is 5.82 Å². The fourth-order valence-electron chi connectivity index (χ4n) is 1.63. The summed E-state index contributed by atoms with van der Waals surface area (Å²) in [6.07, 6.45) is 0.797. The van der Waals surface area contributed by atoms with E-state index in [1.54, 1.807) is 11.8 Å². The highest BCUT2D eigenvalue weighted by Crippen LogP contribution is 2.30. The van der Waals surface area contributed by atoms with Crippen LogP contribution in [0.3, 0.4) is 0 Å². The molecular weight excluding hydrogens is 242 g/mol. The van der Waals surface area contributed by atoms with Gasteiger partial charge < -0.3 is 5.73 Å². The second-order valence-electron chi connectivity index (χ2n) is 4.27. The lowest BCUT2D eigenvalue weighted by Crippen LogP contribution is -1.99. The zero-order valence-electron chi connectivity index (χ0n) is 10.9. The van der Waals surface area contributed by atoms with E-state index in [0.717, 1.165) is 17.3 Å². The number of rotatable bonds is 3. The summed E-state index contributed by atoms with van der Waals surface area (Å²) in [6, 6.07) is 8.24. The first-order chi connectivity index (χ1) is 8.58. The van der Waals surface area contributed by atoms with Gasteiger partial charge in [0.25, 0.3) is 0 Å². The Hall–Kier alpha value is -1.55. The summed E-state index contributed by atoms with van der Waals surface area (Å²) in [5.41, 5.74) is 8.29. The molecule has 0 aliphatic rings. The van der Waals surface area contributed by atoms with E-state index in [0.29, 0.717) is 5.82 Å². The van der Waals surface area contributed by atoms with Gasteiger partial charge in [-0.3, -0.25) is 0 Å². The third-order valence-corrected chi connectivity index (χ3v) is 3.72. The zero-order chi connectivity index (χ0) is 13.1. The van der Waals surface area contributed by atoms with Crippen LogP contribution in [0.1, 0.15) is 23.9 Å². The molecule has 0 aliphatic carbocycles. The molecule has 0 aliphatic heterocycles. The Bertz CT molecular complexity index is 567. The van der Waals surface area contributed by atoms with Gasteiger partial charge in [0.1, 0.15) is 16.7 Å². The Labute approximate surface area is 112 Å². The summed E-state index contributed by atoms with van der Waals surface area (Å²) in [5, 5.41) is 0.910. The van der Waals surface area contributed by atoms with E-state index < -0.39 is 0 Å². The fourth-order valence-corrected chi connectivity index (χ4v) is 2.66. The number of nitrogens with zero attached hydrogens (tertiary/aromatic N) is 2. The SMILES string of the molecule is CCc1nc(N)cc(Sc2cc(C)ccc2C)n1. The first-order valence-corrected chi connectivity index (χ1v) is 6.78. The number of nitrogens with two attached hydrogens (primary N) is 1. The van der Waals surface area contributed by atoms with Crippen LogP contribution in [0, 0.1) is 13.8 Å². The molecule has 2 N–H and O–H groups in total. The molecule has 0 unspecified atom stereocenters. The van der Waals surface area contributed by atoms with Crippen LogP contribution in [-0.2, 0) is 6.42 Å². The summed E-state index contributed by atoms with van der Waals surface area (Å²) < 4.78 is 0. The van der Waals surface area contributed by atoms with Crippen molar-refractivity contribution in [1.29, 1.82) is 0 Å². The van der Waals surface area contributed by atoms with Crippen molar-refractivity contribution in [2.75, 3.05) is 5.73 Å². The summed E-state index contributed by atoms with van der Waals surface area (Å²) in [6.45, 7) is 6.23. The molecule has 0 saturated carbocycles. The van der Waals surface area contributed by atoms with Crippen LogP contribution in [0.25, 0.3) is 0 Å². The van der Waals surface area contributed by atoms with E-state index in [1.165, 1.54) is 16.0 Å². The molecule has 0 amide bonds. The number of nitrogen functional groups attached to an aromatic ring is 1. The minimum absolute atomic E-state index is 0.537. The number of benzene rings is 1. The molecular formula is C14H17N3S. The first-order valence-electron chi connectivity index (χ1n) is 5.97. The maximum atomic E-state index is 5.79. The van der Waals surface area contributed by atoms with E-state index in [1.807, 2.05) is 13.0 Å². The topological polar surface area (TPSA) is 51.8 Å². The van der Waals surface area contributed by atoms with Gasteiger partial charge in [-0.05, 0) is 31.0 Å². The van der Waals surface area contributed by atoms with Crippen molar-refractivity contribution >= 4 is 17.6 Å². The van der Waals surface area contributed by atoms with Gasteiger partial charge in [0.2, 0.25) is 0 Å². The molecule has 1 aromatic heterocycles. The van der Waals surface area contributed by atoms with Crippen molar-refractivity contribution in [1.82, 2.24) is 9.97 Å². The highest BCUT2D eigenvalue weighted by molar-refractivity contribution is 7.99. The largest absolute Gasteiger partial charge is 0.384 e. The van der Waals surface area contributed by atoms with Gasteiger partial charge in [-0.1, -0.05) is 30.8 Å². The third kappa shape index (κ3) is 3.01. The van der Waals surface area contributed by atoms with E-state index in [4.69, 9.17) is 5.73 Å². The molecule has 0 fully saturated rings. The van der Waals surface area contributed by atoms with Gasteiger partial charge in [-0.15, -0.1) is 0 Å². The molecule has 2 rings (SSSR count). The lowest BCUT2D eigenvalue weighted by molar-refractivity contribution is 0.894. The maximum Gasteiger partial charge on any atom is 0.131 e. The molecule has 1 heterocycles. The van der Waals surface area contributed by atoms with E-state index in [-0.39, 0.29) is 0 Å². The number of hydrogen-bond acceptors (Lipinski definition) is 4. The number of aryl methyl sites for hydroxylation is 3. The Morgan fingerprint density at radius 2 is 1.94 bits per heavy atom. The highest BCUT2D eigenvalue weighted by Gasteiger charge is 2.06. The Kier molecular flexibility index (Phi) is 3.87. The molecule has 0 bridgehead atoms. The van der Waals surface area contributed by atoms with Crippen molar-refractivity contribution in [3.05, 3.63) is 41.2 Å². The van der Waals surface area contributed by atoms with Crippen molar-refractivity contribution in [3.8, 4) is 0 Å². The third-order valence-electron chi connectivity index (χ3n) is 2.64. The summed E-state index contributed by atoms with van der Waals surface area (Å²) >= 11 is 1.64. The van der Waals surface area contributed by atoms with Gasteiger partial charge >= 0.3 is 0 Å². The summed E-state index contributed by atoms with van der Waals surface area (Å²) in [7, 11) is 0. The van der Waals surface area contributed by atoms with Crippen LogP contribution >= 0.6 is 11.8 Å². The standard InChI is InChI=1S/C14H17N3S/c1-4-13-16-12(15)8-14(17-13)18-11-7-9(2)5-6-10(11)3/h5-8H,4H2,1-3H3,(H2,15,16,17). The van der Waals surface area contributed by atoms with Crippen molar-refractivity contribution < 1.29 is 0 Å². The van der Waals surface area contributed by atoms with Crippen molar-refractivity contribution in [3.63, 3.8) is 0 Å². The molecule has 0 radical (unpaired) electrons. The maximum absolute atomic E-state index is 5.79. The zero-order valence-corrected chi connectivity index (χ0v) is 11.7. The van der Waals surface area contributed by atoms with E-state index in [2.05, 4.69) is 42.0 Å². The first kappa shape index (κ1) is 12.9. The average Bonchev–Trinajstić information content (AvgIpc) is 2.33. The predicted octanol–water partition coefficient (Wildman–Crippen LogP) is 3.39. The molecule has 0 saturated heterocycles. The molecule has 94 valence electrons. The summed E-state index contributed by atoms with van der Waals surface area (Å²) in [5.74, 6) is 1.33. The number of aromatic nitrogens is 2. The molecule has 3 nitrogen and oxygen atoms in total. The second kappa shape index (κ2) is 5.40. The van der Waals surface area contributed by atoms with Crippen molar-refractivity contribution in [2.45, 2.75) is 37.1 Å². The van der Waals surface area contributed by atoms with E-state index >= 15 is 0 Å². The average molecular weight is 259 g/mol. The monoisotopic (exact) mass is 259 g/mol. The van der Waals surface area contributed by atoms with Gasteiger partial charge in [0, 0.05) is 17.4 Å². The molecule has 2 aromatic rings. The minimum atomic E-state index is 0.537. The van der Waals surface area contributed by atoms with Crippen LogP contribution in [0.2, 0.25) is 0 Å². The van der Waals surface area contributed by atoms with Gasteiger partial charge in [0.05, 0.1) is 0 Å². The number of hydrogen-bond donors (Lipinski definition) is 1. The van der Waals surface area contributed by atoms with Gasteiger partial charge in [0.15, 0.2) is 0 Å². The molecule has 0 atom stereocenters. The van der Waals surface area contributed by atoms with Gasteiger partial charge in [-0.25, -0.2) is 9.97 Å². The Morgan fingerprint density at radius 1 is 1.17 bits per heavy atom. The van der Waals surface area contributed by atoms with E-state index in [9.17, 15) is 0 Å². The van der Waals surface area contributed by atoms with Crippen LogP contribution in [0.15, 0.2) is 34.2 Å². The minimum Gasteiger partial charge on any atom is -0.384 e. The number of anilines is 1. The van der Waals surface area contributed by atoms with Crippen molar-refractivity contribution in [2.24, 2.45) is 0 Å². The van der Waals surface area contributed by atoms with Crippen LogP contribution < -0.4 is 5.73 Å². The molecule has 1 aromatic carbocycles. The normalized spacial score (nSPS) is 10.6.